The summed E-state index contributed by atoms with van der Waals surface area (Å²) in [5.41, 5.74) is 1.72. The molecule has 0 aromatic carbocycles. The summed E-state index contributed by atoms with van der Waals surface area (Å²) in [5, 5.41) is 14.4. The Balaban J connectivity index is 1.81. The molecule has 3 heterocycles. The van der Waals surface area contributed by atoms with E-state index in [0.29, 0.717) is 32.1 Å². The zero-order valence-corrected chi connectivity index (χ0v) is 17.3. The van der Waals surface area contributed by atoms with Crippen molar-refractivity contribution in [2.45, 2.75) is 51.4 Å². The summed E-state index contributed by atoms with van der Waals surface area (Å²) in [6.07, 6.45) is 3.60. The Labute approximate surface area is 161 Å². The molecule has 0 saturated carbocycles. The molecule has 8 heteroatoms. The summed E-state index contributed by atoms with van der Waals surface area (Å²) >= 11 is 0. The van der Waals surface area contributed by atoms with E-state index in [-0.39, 0.29) is 12.3 Å². The predicted molar refractivity (Wildman–Crippen MR) is 107 cm³/mol. The van der Waals surface area contributed by atoms with Crippen molar-refractivity contribution in [2.75, 3.05) is 18.1 Å². The second-order valence-corrected chi connectivity index (χ2v) is 13.8. The summed E-state index contributed by atoms with van der Waals surface area (Å²) in [6, 6.07) is 6.77. The van der Waals surface area contributed by atoms with Crippen LogP contribution in [0.1, 0.15) is 12.8 Å². The van der Waals surface area contributed by atoms with Crippen LogP contribution in [0.25, 0.3) is 11.3 Å². The fourth-order valence-electron chi connectivity index (χ4n) is 2.97. The number of ether oxygens (including phenoxy) is 1. The van der Waals surface area contributed by atoms with Gasteiger partial charge in [-0.1, -0.05) is 19.6 Å². The van der Waals surface area contributed by atoms with E-state index < -0.39 is 14.2 Å². The lowest BCUT2D eigenvalue weighted by Gasteiger charge is -2.29. The smallest absolute Gasteiger partial charge is 0.230 e. The van der Waals surface area contributed by atoms with Crippen LogP contribution in [-0.4, -0.2) is 53.1 Å². The number of carbonyl (C=O) groups is 1. The van der Waals surface area contributed by atoms with E-state index in [1.807, 2.05) is 18.2 Å². The summed E-state index contributed by atoms with van der Waals surface area (Å²) in [7, 11) is -1.16. The van der Waals surface area contributed by atoms with Crippen LogP contribution in [0.4, 0.5) is 5.82 Å². The molecule has 1 amide bonds. The molecule has 2 aromatic rings. The van der Waals surface area contributed by atoms with Gasteiger partial charge in [0.15, 0.2) is 0 Å². The highest BCUT2D eigenvalue weighted by atomic mass is 28.3. The standard InChI is InChI=1S/C19H28N4O3Si/c1-27(2,3)11-10-26-14-23-18(22-9-6-16(24)12-19(22)25)13-17(21-23)15-4-7-20-8-5-15/h4-5,7-8,13,16,24H,6,9-12,14H2,1-3H3. The Bertz CT molecular complexity index is 773. The van der Waals surface area contributed by atoms with Crippen molar-refractivity contribution < 1.29 is 14.6 Å². The molecule has 1 aliphatic heterocycles. The van der Waals surface area contributed by atoms with Gasteiger partial charge >= 0.3 is 0 Å². The Morgan fingerprint density at radius 1 is 1.30 bits per heavy atom. The number of aliphatic hydroxyl groups excluding tert-OH is 1. The Hall–Kier alpha value is -2.03. The zero-order chi connectivity index (χ0) is 19.4. The van der Waals surface area contributed by atoms with E-state index in [4.69, 9.17) is 4.74 Å². The zero-order valence-electron chi connectivity index (χ0n) is 16.3. The third kappa shape index (κ3) is 5.24. The number of rotatable bonds is 7. The lowest BCUT2D eigenvalue weighted by Crippen LogP contribution is -2.42. The molecule has 146 valence electrons. The second kappa shape index (κ2) is 8.33. The van der Waals surface area contributed by atoms with Crippen LogP contribution < -0.4 is 4.90 Å². The number of pyridine rings is 1. The number of carbonyl (C=O) groups excluding carboxylic acids is 1. The van der Waals surface area contributed by atoms with Crippen LogP contribution in [0.15, 0.2) is 30.6 Å². The summed E-state index contributed by atoms with van der Waals surface area (Å²) in [6.45, 7) is 8.42. The first-order valence-corrected chi connectivity index (χ1v) is 13.1. The average Bonchev–Trinajstić information content (AvgIpc) is 3.03. The maximum absolute atomic E-state index is 12.4. The molecule has 1 aliphatic rings. The first-order chi connectivity index (χ1) is 12.8. The monoisotopic (exact) mass is 388 g/mol. The minimum absolute atomic E-state index is 0.0849. The number of hydrogen-bond acceptors (Lipinski definition) is 5. The molecule has 0 aliphatic carbocycles. The fourth-order valence-corrected chi connectivity index (χ4v) is 3.73. The van der Waals surface area contributed by atoms with Crippen molar-refractivity contribution in [1.29, 1.82) is 0 Å². The number of nitrogens with zero attached hydrogens (tertiary/aromatic N) is 4. The van der Waals surface area contributed by atoms with Crippen molar-refractivity contribution in [3.8, 4) is 11.3 Å². The van der Waals surface area contributed by atoms with Crippen molar-refractivity contribution in [3.05, 3.63) is 30.6 Å². The molecule has 1 saturated heterocycles. The highest BCUT2D eigenvalue weighted by Gasteiger charge is 2.28. The molecular weight excluding hydrogens is 360 g/mol. The lowest BCUT2D eigenvalue weighted by atomic mass is 10.1. The first kappa shape index (κ1) is 19.7. The van der Waals surface area contributed by atoms with Crippen molar-refractivity contribution in [2.24, 2.45) is 0 Å². The fraction of sp³-hybridized carbons (Fsp3) is 0.526. The van der Waals surface area contributed by atoms with E-state index in [0.717, 1.165) is 17.3 Å². The number of amides is 1. The quantitative estimate of drug-likeness (QED) is 0.583. The molecule has 1 fully saturated rings. The highest BCUT2D eigenvalue weighted by molar-refractivity contribution is 6.76. The number of anilines is 1. The summed E-state index contributed by atoms with van der Waals surface area (Å²) < 4.78 is 7.61. The highest BCUT2D eigenvalue weighted by Crippen LogP contribution is 2.27. The Morgan fingerprint density at radius 2 is 2.04 bits per heavy atom. The van der Waals surface area contributed by atoms with E-state index >= 15 is 0 Å². The third-order valence-corrected chi connectivity index (χ3v) is 6.32. The van der Waals surface area contributed by atoms with E-state index in [1.54, 1.807) is 22.0 Å². The minimum atomic E-state index is -1.16. The largest absolute Gasteiger partial charge is 0.393 e. The topological polar surface area (TPSA) is 80.5 Å². The molecule has 0 radical (unpaired) electrons. The van der Waals surface area contributed by atoms with Crippen LogP contribution in [0, 0.1) is 0 Å². The first-order valence-electron chi connectivity index (χ1n) is 9.38. The van der Waals surface area contributed by atoms with Gasteiger partial charge in [0.05, 0.1) is 18.2 Å². The molecule has 2 aromatic heterocycles. The molecule has 1 N–H and O–H groups in total. The van der Waals surface area contributed by atoms with Crippen LogP contribution >= 0.6 is 0 Å². The molecule has 27 heavy (non-hydrogen) atoms. The number of aliphatic hydroxyl groups is 1. The van der Waals surface area contributed by atoms with E-state index in [2.05, 4.69) is 29.7 Å². The van der Waals surface area contributed by atoms with Gasteiger partial charge in [0, 0.05) is 45.2 Å². The lowest BCUT2D eigenvalue weighted by molar-refractivity contribution is -0.122. The van der Waals surface area contributed by atoms with Gasteiger partial charge in [0.25, 0.3) is 0 Å². The van der Waals surface area contributed by atoms with Gasteiger partial charge in [-0.05, 0) is 24.6 Å². The molecule has 0 bridgehead atoms. The number of aromatic nitrogens is 3. The summed E-state index contributed by atoms with van der Waals surface area (Å²) in [4.78, 5) is 18.2. The Kier molecular flexibility index (Phi) is 6.08. The molecule has 1 atom stereocenters. The Morgan fingerprint density at radius 3 is 2.70 bits per heavy atom. The number of hydrogen-bond donors (Lipinski definition) is 1. The van der Waals surface area contributed by atoms with Crippen LogP contribution in [-0.2, 0) is 16.3 Å². The van der Waals surface area contributed by atoms with E-state index in [1.165, 1.54) is 0 Å². The van der Waals surface area contributed by atoms with Gasteiger partial charge in [-0.3, -0.25) is 14.7 Å². The SMILES string of the molecule is C[Si](C)(C)CCOCn1nc(-c2ccncc2)cc1N1CCC(O)CC1=O. The van der Waals surface area contributed by atoms with Crippen LogP contribution in [0.5, 0.6) is 0 Å². The molecule has 3 rings (SSSR count). The normalized spacial score (nSPS) is 18.1. The van der Waals surface area contributed by atoms with Crippen LogP contribution in [0.3, 0.4) is 0 Å². The van der Waals surface area contributed by atoms with Gasteiger partial charge in [0.1, 0.15) is 12.5 Å². The molecule has 0 spiro atoms. The second-order valence-electron chi connectivity index (χ2n) is 8.16. The third-order valence-electron chi connectivity index (χ3n) is 4.62. The van der Waals surface area contributed by atoms with Gasteiger partial charge < -0.3 is 9.84 Å². The predicted octanol–water partition coefficient (Wildman–Crippen LogP) is 2.75. The van der Waals surface area contributed by atoms with Crippen molar-refractivity contribution in [3.63, 3.8) is 0 Å². The molecule has 1 unspecified atom stereocenters. The van der Waals surface area contributed by atoms with Gasteiger partial charge in [-0.15, -0.1) is 0 Å². The van der Waals surface area contributed by atoms with Crippen molar-refractivity contribution in [1.82, 2.24) is 14.8 Å². The van der Waals surface area contributed by atoms with E-state index in [9.17, 15) is 9.90 Å². The summed E-state index contributed by atoms with van der Waals surface area (Å²) in [5.74, 6) is 0.630. The molecule has 7 nitrogen and oxygen atoms in total. The van der Waals surface area contributed by atoms with Crippen molar-refractivity contribution >= 4 is 19.8 Å². The molecular formula is C19H28N4O3Si. The number of piperidine rings is 1. The van der Waals surface area contributed by atoms with Crippen LogP contribution in [0.2, 0.25) is 25.7 Å². The average molecular weight is 389 g/mol. The van der Waals surface area contributed by atoms with Gasteiger partial charge in [0.2, 0.25) is 5.91 Å². The maximum atomic E-state index is 12.4. The van der Waals surface area contributed by atoms with Gasteiger partial charge in [-0.2, -0.15) is 5.10 Å². The minimum Gasteiger partial charge on any atom is -0.393 e. The maximum Gasteiger partial charge on any atom is 0.230 e. The van der Waals surface area contributed by atoms with Gasteiger partial charge in [-0.25, -0.2) is 4.68 Å².